The van der Waals surface area contributed by atoms with Gasteiger partial charge >= 0.3 is 0 Å². The van der Waals surface area contributed by atoms with Crippen molar-refractivity contribution in [3.63, 3.8) is 0 Å². The van der Waals surface area contributed by atoms with Crippen LogP contribution in [0.5, 0.6) is 0 Å². The van der Waals surface area contributed by atoms with Crippen LogP contribution in [0.15, 0.2) is 48.5 Å². The van der Waals surface area contributed by atoms with Gasteiger partial charge in [0.05, 0.1) is 10.6 Å². The Morgan fingerprint density at radius 3 is 2.25 bits per heavy atom. The molecule has 0 radical (unpaired) electrons. The Kier molecular flexibility index (Phi) is 7.80. The fourth-order valence-electron chi connectivity index (χ4n) is 3.13. The molecule has 0 aliphatic carbocycles. The summed E-state index contributed by atoms with van der Waals surface area (Å²) in [6.45, 7) is 1.67. The molecule has 28 heavy (non-hydrogen) atoms. The van der Waals surface area contributed by atoms with Gasteiger partial charge in [0, 0.05) is 38.6 Å². The molecule has 0 spiro atoms. The van der Waals surface area contributed by atoms with E-state index >= 15 is 0 Å². The van der Waals surface area contributed by atoms with Crippen LogP contribution in [0.2, 0.25) is 5.02 Å². The third-order valence-corrected chi connectivity index (χ3v) is 5.02. The van der Waals surface area contributed by atoms with Gasteiger partial charge in [0.2, 0.25) is 5.91 Å². The standard InChI is InChI=1S/C20H21ClFN3O2.ClH/c21-17-12-15(22)6-7-16(17)20(27)25-10-8-24(9-11-25)19(26)13-18(23)14-4-2-1-3-5-14;/h1-7,12,18H,8-11,13,23H2;1H. The molecule has 2 amide bonds. The predicted molar refractivity (Wildman–Crippen MR) is 109 cm³/mol. The zero-order valence-corrected chi connectivity index (χ0v) is 16.8. The monoisotopic (exact) mass is 425 g/mol. The molecule has 5 nitrogen and oxygen atoms in total. The zero-order valence-electron chi connectivity index (χ0n) is 15.2. The molecule has 0 saturated carbocycles. The predicted octanol–water partition coefficient (Wildman–Crippen LogP) is 3.28. The Hall–Kier alpha value is -2.15. The highest BCUT2D eigenvalue weighted by Crippen LogP contribution is 2.20. The first-order valence-electron chi connectivity index (χ1n) is 8.78. The molecule has 1 fully saturated rings. The summed E-state index contributed by atoms with van der Waals surface area (Å²) in [5, 5.41) is 0.0901. The average molecular weight is 426 g/mol. The first kappa shape index (κ1) is 22.1. The van der Waals surface area contributed by atoms with Crippen LogP contribution >= 0.6 is 24.0 Å². The van der Waals surface area contributed by atoms with Gasteiger partial charge in [0.15, 0.2) is 0 Å². The van der Waals surface area contributed by atoms with E-state index < -0.39 is 5.82 Å². The molecule has 0 aromatic heterocycles. The first-order chi connectivity index (χ1) is 13.0. The van der Waals surface area contributed by atoms with E-state index in [4.69, 9.17) is 17.3 Å². The largest absolute Gasteiger partial charge is 0.339 e. The second-order valence-corrected chi connectivity index (χ2v) is 6.93. The Morgan fingerprint density at radius 2 is 1.64 bits per heavy atom. The third kappa shape index (κ3) is 5.22. The number of carbonyl (C=O) groups excluding carboxylic acids is 2. The van der Waals surface area contributed by atoms with E-state index in [1.807, 2.05) is 30.3 Å². The number of halogens is 3. The molecular formula is C20H22Cl2FN3O2. The van der Waals surface area contributed by atoms with E-state index in [2.05, 4.69) is 0 Å². The van der Waals surface area contributed by atoms with E-state index in [9.17, 15) is 14.0 Å². The van der Waals surface area contributed by atoms with Crippen molar-refractivity contribution in [3.05, 3.63) is 70.5 Å². The minimum Gasteiger partial charge on any atom is -0.339 e. The second kappa shape index (κ2) is 9.87. The summed E-state index contributed by atoms with van der Waals surface area (Å²) in [4.78, 5) is 28.4. The van der Waals surface area contributed by atoms with Crippen LogP contribution in [0.3, 0.4) is 0 Å². The molecule has 2 N–H and O–H groups in total. The van der Waals surface area contributed by atoms with Crippen molar-refractivity contribution in [3.8, 4) is 0 Å². The number of benzene rings is 2. The van der Waals surface area contributed by atoms with Crippen LogP contribution in [0.1, 0.15) is 28.4 Å². The van der Waals surface area contributed by atoms with Crippen LogP contribution < -0.4 is 5.73 Å². The van der Waals surface area contributed by atoms with Crippen molar-refractivity contribution in [1.82, 2.24) is 9.80 Å². The molecule has 1 aliphatic rings. The van der Waals surface area contributed by atoms with Crippen molar-refractivity contribution in [2.24, 2.45) is 5.73 Å². The number of hydrogen-bond donors (Lipinski definition) is 1. The molecule has 1 atom stereocenters. The summed E-state index contributed by atoms with van der Waals surface area (Å²) >= 11 is 5.97. The fraction of sp³-hybridized carbons (Fsp3) is 0.300. The summed E-state index contributed by atoms with van der Waals surface area (Å²) in [7, 11) is 0. The molecule has 1 saturated heterocycles. The summed E-state index contributed by atoms with van der Waals surface area (Å²) in [5.74, 6) is -0.770. The molecule has 2 aromatic carbocycles. The van der Waals surface area contributed by atoms with Gasteiger partial charge in [-0.1, -0.05) is 41.9 Å². The van der Waals surface area contributed by atoms with Gasteiger partial charge in [0.1, 0.15) is 5.82 Å². The fourth-order valence-corrected chi connectivity index (χ4v) is 3.38. The molecule has 2 aromatic rings. The molecule has 150 valence electrons. The topological polar surface area (TPSA) is 66.6 Å². The van der Waals surface area contributed by atoms with Gasteiger partial charge in [-0.15, -0.1) is 12.4 Å². The van der Waals surface area contributed by atoms with Crippen molar-refractivity contribution in [2.75, 3.05) is 26.2 Å². The third-order valence-electron chi connectivity index (χ3n) is 4.70. The summed E-state index contributed by atoms with van der Waals surface area (Å²) in [6, 6.07) is 12.9. The number of carbonyl (C=O) groups is 2. The zero-order chi connectivity index (χ0) is 19.4. The molecular weight excluding hydrogens is 404 g/mol. The van der Waals surface area contributed by atoms with Crippen LogP contribution in [-0.2, 0) is 4.79 Å². The molecule has 8 heteroatoms. The SMILES string of the molecule is Cl.NC(CC(=O)N1CCN(C(=O)c2ccc(F)cc2Cl)CC1)c1ccccc1. The minimum atomic E-state index is -0.485. The summed E-state index contributed by atoms with van der Waals surface area (Å²) < 4.78 is 13.2. The quantitative estimate of drug-likeness (QED) is 0.816. The maximum atomic E-state index is 13.2. The van der Waals surface area contributed by atoms with E-state index in [0.29, 0.717) is 26.2 Å². The average Bonchev–Trinajstić information content (AvgIpc) is 2.68. The number of nitrogens with two attached hydrogens (primary N) is 1. The highest BCUT2D eigenvalue weighted by atomic mass is 35.5. The van der Waals surface area contributed by atoms with Crippen molar-refractivity contribution in [1.29, 1.82) is 0 Å². The smallest absolute Gasteiger partial charge is 0.255 e. The molecule has 3 rings (SSSR count). The first-order valence-corrected chi connectivity index (χ1v) is 9.16. The number of hydrogen-bond acceptors (Lipinski definition) is 3. The highest BCUT2D eigenvalue weighted by molar-refractivity contribution is 6.33. The Bertz CT molecular complexity index is 827. The number of amides is 2. The van der Waals surface area contributed by atoms with Crippen molar-refractivity contribution >= 4 is 35.8 Å². The minimum absolute atomic E-state index is 0. The van der Waals surface area contributed by atoms with E-state index in [1.54, 1.807) is 9.80 Å². The summed E-state index contributed by atoms with van der Waals surface area (Å²) in [6.07, 6.45) is 0.224. The lowest BCUT2D eigenvalue weighted by atomic mass is 10.0. The van der Waals surface area contributed by atoms with E-state index in [-0.39, 0.29) is 47.3 Å². The normalized spacial score (nSPS) is 15.0. The lowest BCUT2D eigenvalue weighted by Gasteiger charge is -2.35. The van der Waals surface area contributed by atoms with Crippen LogP contribution in [-0.4, -0.2) is 47.8 Å². The van der Waals surface area contributed by atoms with Crippen LogP contribution in [0.4, 0.5) is 4.39 Å². The Labute approximate surface area is 174 Å². The van der Waals surface area contributed by atoms with E-state index in [0.717, 1.165) is 11.6 Å². The Balaban J connectivity index is 0.00000280. The highest BCUT2D eigenvalue weighted by Gasteiger charge is 2.26. The number of piperazine rings is 1. The second-order valence-electron chi connectivity index (χ2n) is 6.52. The van der Waals surface area contributed by atoms with Crippen LogP contribution in [0, 0.1) is 5.82 Å². The molecule has 1 unspecified atom stereocenters. The number of rotatable bonds is 4. The van der Waals surface area contributed by atoms with Gasteiger partial charge < -0.3 is 15.5 Å². The van der Waals surface area contributed by atoms with Gasteiger partial charge in [0.25, 0.3) is 5.91 Å². The Morgan fingerprint density at radius 1 is 1.04 bits per heavy atom. The molecule has 1 heterocycles. The van der Waals surface area contributed by atoms with E-state index in [1.165, 1.54) is 12.1 Å². The summed E-state index contributed by atoms with van der Waals surface area (Å²) in [5.41, 5.74) is 7.32. The van der Waals surface area contributed by atoms with Gasteiger partial charge in [-0.2, -0.15) is 0 Å². The van der Waals surface area contributed by atoms with Crippen molar-refractivity contribution < 1.29 is 14.0 Å². The maximum absolute atomic E-state index is 13.2. The van der Waals surface area contributed by atoms with Crippen LogP contribution in [0.25, 0.3) is 0 Å². The van der Waals surface area contributed by atoms with Gasteiger partial charge in [-0.3, -0.25) is 9.59 Å². The molecule has 1 aliphatic heterocycles. The number of nitrogens with zero attached hydrogens (tertiary/aromatic N) is 2. The lowest BCUT2D eigenvalue weighted by molar-refractivity contribution is -0.133. The molecule has 0 bridgehead atoms. The lowest BCUT2D eigenvalue weighted by Crippen LogP contribution is -2.51. The van der Waals surface area contributed by atoms with Crippen molar-refractivity contribution in [2.45, 2.75) is 12.5 Å². The maximum Gasteiger partial charge on any atom is 0.255 e. The van der Waals surface area contributed by atoms with Gasteiger partial charge in [-0.05, 0) is 23.8 Å². The van der Waals surface area contributed by atoms with Gasteiger partial charge in [-0.25, -0.2) is 4.39 Å².